The fraction of sp³-hybridized carbons (Fsp3) is 0. The van der Waals surface area contributed by atoms with E-state index in [-0.39, 0.29) is 5.52 Å². The fourth-order valence-electron chi connectivity index (χ4n) is 2.25. The Kier molecular flexibility index (Phi) is 4.23. The lowest BCUT2D eigenvalue weighted by Gasteiger charge is -2.17. The Balaban J connectivity index is 2.07. The van der Waals surface area contributed by atoms with Crippen LogP contribution in [0.3, 0.4) is 0 Å². The van der Waals surface area contributed by atoms with Gasteiger partial charge in [0.2, 0.25) is 0 Å². The van der Waals surface area contributed by atoms with Gasteiger partial charge < -0.3 is 0 Å². The van der Waals surface area contributed by atoms with E-state index in [0.717, 1.165) is 16.2 Å². The van der Waals surface area contributed by atoms with Crippen LogP contribution in [-0.4, -0.2) is 5.52 Å². The van der Waals surface area contributed by atoms with Crippen LogP contribution >= 0.6 is 7.92 Å². The predicted molar refractivity (Wildman–Crippen MR) is 89.8 cm³/mol. The van der Waals surface area contributed by atoms with Crippen molar-refractivity contribution < 1.29 is 4.79 Å². The Morgan fingerprint density at radius 1 is 0.571 bits per heavy atom. The maximum atomic E-state index is 13.0. The second-order valence-corrected chi connectivity index (χ2v) is 6.79. The molecular weight excluding hydrogens is 275 g/mol. The molecule has 0 aliphatic rings. The van der Waals surface area contributed by atoms with Crippen LogP contribution in [0.25, 0.3) is 0 Å². The lowest BCUT2D eigenvalue weighted by molar-refractivity contribution is 0.108. The first kappa shape index (κ1) is 13.7. The Labute approximate surface area is 126 Å². The van der Waals surface area contributed by atoms with Crippen LogP contribution < -0.4 is 10.6 Å². The molecule has 21 heavy (non-hydrogen) atoms. The molecule has 0 radical (unpaired) electrons. The topological polar surface area (TPSA) is 17.1 Å². The molecule has 0 aliphatic heterocycles. The molecule has 3 aromatic carbocycles. The molecule has 0 spiro atoms. The van der Waals surface area contributed by atoms with E-state index in [1.807, 2.05) is 91.0 Å². The van der Waals surface area contributed by atoms with Crippen LogP contribution in [0, 0.1) is 0 Å². The number of benzene rings is 3. The molecular formula is C19H15OP. The van der Waals surface area contributed by atoms with E-state index in [9.17, 15) is 4.79 Å². The van der Waals surface area contributed by atoms with Gasteiger partial charge in [-0.05, 0) is 10.6 Å². The van der Waals surface area contributed by atoms with Crippen molar-refractivity contribution >= 4 is 24.1 Å². The average Bonchev–Trinajstić information content (AvgIpc) is 2.58. The standard InChI is InChI=1S/C19H15OP/c20-19(16-10-4-1-5-11-16)21(17-12-6-2-7-13-17)18-14-8-3-9-15-18/h1-15H. The van der Waals surface area contributed by atoms with Crippen molar-refractivity contribution in [2.45, 2.75) is 0 Å². The molecule has 0 N–H and O–H groups in total. The third-order valence-electron chi connectivity index (χ3n) is 3.25. The zero-order chi connectivity index (χ0) is 14.5. The first-order valence-electron chi connectivity index (χ1n) is 6.86. The number of rotatable bonds is 4. The molecule has 0 heterocycles. The van der Waals surface area contributed by atoms with Crippen LogP contribution in [-0.2, 0) is 0 Å². The summed E-state index contributed by atoms with van der Waals surface area (Å²) in [6.45, 7) is 0. The molecule has 0 bridgehead atoms. The van der Waals surface area contributed by atoms with Crippen molar-refractivity contribution in [1.82, 2.24) is 0 Å². The highest BCUT2D eigenvalue weighted by molar-refractivity contribution is 7.88. The van der Waals surface area contributed by atoms with Gasteiger partial charge >= 0.3 is 0 Å². The normalized spacial score (nSPS) is 10.5. The van der Waals surface area contributed by atoms with Gasteiger partial charge in [-0.25, -0.2) is 0 Å². The molecule has 0 saturated carbocycles. The van der Waals surface area contributed by atoms with Gasteiger partial charge in [0.15, 0.2) is 5.52 Å². The van der Waals surface area contributed by atoms with Crippen molar-refractivity contribution in [3.63, 3.8) is 0 Å². The van der Waals surface area contributed by atoms with E-state index in [4.69, 9.17) is 0 Å². The summed E-state index contributed by atoms with van der Waals surface area (Å²) < 4.78 is 0. The molecule has 0 aliphatic carbocycles. The van der Waals surface area contributed by atoms with Gasteiger partial charge in [0.25, 0.3) is 0 Å². The second-order valence-electron chi connectivity index (χ2n) is 4.68. The molecule has 0 unspecified atom stereocenters. The third-order valence-corrected chi connectivity index (χ3v) is 5.55. The van der Waals surface area contributed by atoms with E-state index in [1.54, 1.807) is 0 Å². The first-order chi connectivity index (χ1) is 10.4. The van der Waals surface area contributed by atoms with Crippen LogP contribution in [0.2, 0.25) is 0 Å². The average molecular weight is 290 g/mol. The predicted octanol–water partition coefficient (Wildman–Crippen LogP) is 3.96. The summed E-state index contributed by atoms with van der Waals surface area (Å²) in [7, 11) is -1.03. The second kappa shape index (κ2) is 6.47. The van der Waals surface area contributed by atoms with Crippen molar-refractivity contribution in [2.24, 2.45) is 0 Å². The van der Waals surface area contributed by atoms with Crippen molar-refractivity contribution in [3.05, 3.63) is 96.6 Å². The minimum absolute atomic E-state index is 0.197. The monoisotopic (exact) mass is 290 g/mol. The first-order valence-corrected chi connectivity index (χ1v) is 8.20. The Morgan fingerprint density at radius 3 is 1.38 bits per heavy atom. The van der Waals surface area contributed by atoms with Gasteiger partial charge in [-0.2, -0.15) is 0 Å². The number of hydrogen-bond acceptors (Lipinski definition) is 1. The highest BCUT2D eigenvalue weighted by Gasteiger charge is 2.23. The van der Waals surface area contributed by atoms with Crippen molar-refractivity contribution in [1.29, 1.82) is 0 Å². The van der Waals surface area contributed by atoms with Gasteiger partial charge in [0.05, 0.1) is 0 Å². The van der Waals surface area contributed by atoms with Gasteiger partial charge in [-0.3, -0.25) is 4.79 Å². The molecule has 0 saturated heterocycles. The molecule has 0 aromatic heterocycles. The summed E-state index contributed by atoms with van der Waals surface area (Å²) in [4.78, 5) is 13.0. The Bertz CT molecular complexity index is 669. The minimum atomic E-state index is -1.03. The van der Waals surface area contributed by atoms with Crippen molar-refractivity contribution in [3.8, 4) is 0 Å². The highest BCUT2D eigenvalue weighted by atomic mass is 31.1. The number of carbonyl (C=O) groups excluding carboxylic acids is 1. The van der Waals surface area contributed by atoms with Gasteiger partial charge in [0.1, 0.15) is 0 Å². The number of hydrogen-bond donors (Lipinski definition) is 0. The molecule has 3 aromatic rings. The molecule has 2 heteroatoms. The Hall–Kier alpha value is -2.24. The van der Waals surface area contributed by atoms with E-state index in [0.29, 0.717) is 0 Å². The minimum Gasteiger partial charge on any atom is -0.288 e. The highest BCUT2D eigenvalue weighted by Crippen LogP contribution is 2.37. The molecule has 102 valence electrons. The molecule has 0 atom stereocenters. The lowest BCUT2D eigenvalue weighted by atomic mass is 10.2. The summed E-state index contributed by atoms with van der Waals surface area (Å²) in [5.74, 6) is 0. The van der Waals surface area contributed by atoms with E-state index in [1.165, 1.54) is 0 Å². The molecule has 0 fully saturated rings. The van der Waals surface area contributed by atoms with E-state index in [2.05, 4.69) is 0 Å². The maximum Gasteiger partial charge on any atom is 0.193 e. The summed E-state index contributed by atoms with van der Waals surface area (Å²) in [5.41, 5.74) is 0.972. The van der Waals surface area contributed by atoms with Gasteiger partial charge in [-0.1, -0.05) is 91.0 Å². The zero-order valence-electron chi connectivity index (χ0n) is 11.5. The smallest absolute Gasteiger partial charge is 0.193 e. The Morgan fingerprint density at radius 2 is 0.952 bits per heavy atom. The summed E-state index contributed by atoms with van der Waals surface area (Å²) in [6, 6.07) is 29.6. The SMILES string of the molecule is O=C(c1ccccc1)P(c1ccccc1)c1ccccc1. The zero-order valence-corrected chi connectivity index (χ0v) is 12.4. The van der Waals surface area contributed by atoms with Crippen molar-refractivity contribution in [2.75, 3.05) is 0 Å². The lowest BCUT2D eigenvalue weighted by Crippen LogP contribution is -2.18. The van der Waals surface area contributed by atoms with Crippen LogP contribution in [0.15, 0.2) is 91.0 Å². The molecule has 3 rings (SSSR count). The van der Waals surface area contributed by atoms with Gasteiger partial charge in [0, 0.05) is 13.5 Å². The van der Waals surface area contributed by atoms with Gasteiger partial charge in [-0.15, -0.1) is 0 Å². The summed E-state index contributed by atoms with van der Waals surface area (Å²) in [5, 5.41) is 2.18. The quantitative estimate of drug-likeness (QED) is 0.665. The van der Waals surface area contributed by atoms with Crippen LogP contribution in [0.1, 0.15) is 10.4 Å². The van der Waals surface area contributed by atoms with Crippen LogP contribution in [0.4, 0.5) is 0 Å². The summed E-state index contributed by atoms with van der Waals surface area (Å²) in [6.07, 6.45) is 0. The molecule has 0 amide bonds. The molecule has 1 nitrogen and oxygen atoms in total. The van der Waals surface area contributed by atoms with E-state index >= 15 is 0 Å². The van der Waals surface area contributed by atoms with E-state index < -0.39 is 7.92 Å². The van der Waals surface area contributed by atoms with Crippen LogP contribution in [0.5, 0.6) is 0 Å². The summed E-state index contributed by atoms with van der Waals surface area (Å²) >= 11 is 0. The fourth-order valence-corrected chi connectivity index (χ4v) is 4.36. The number of carbonyl (C=O) groups is 1. The maximum absolute atomic E-state index is 13.0. The largest absolute Gasteiger partial charge is 0.288 e. The third kappa shape index (κ3) is 3.09.